The van der Waals surface area contributed by atoms with Gasteiger partial charge in [0, 0.05) is 10.6 Å². The van der Waals surface area contributed by atoms with Crippen LogP contribution in [0.15, 0.2) is 15.1 Å². The van der Waals surface area contributed by atoms with Crippen molar-refractivity contribution >= 4 is 39.0 Å². The number of halogens is 4. The number of aromatic nitrogens is 3. The molecule has 114 valence electrons. The van der Waals surface area contributed by atoms with Gasteiger partial charge in [-0.3, -0.25) is 0 Å². The second-order valence-electron chi connectivity index (χ2n) is 4.12. The number of rotatable bonds is 4. The van der Waals surface area contributed by atoms with Gasteiger partial charge in [0.1, 0.15) is 0 Å². The number of hydrogen-bond acceptors (Lipinski definition) is 5. The lowest BCUT2D eigenvalue weighted by molar-refractivity contribution is -0.142. The Morgan fingerprint density at radius 2 is 2.05 bits per heavy atom. The summed E-state index contributed by atoms with van der Waals surface area (Å²) < 4.78 is 38.6. The third-order valence-corrected chi connectivity index (χ3v) is 5.54. The zero-order chi connectivity index (χ0) is 15.6. The van der Waals surface area contributed by atoms with Crippen molar-refractivity contribution in [2.75, 3.05) is 0 Å². The molecular weight excluding hydrogens is 387 g/mol. The highest BCUT2D eigenvalue weighted by Gasteiger charge is 2.36. The molecule has 3 nitrogen and oxygen atoms in total. The van der Waals surface area contributed by atoms with E-state index >= 15 is 0 Å². The molecule has 0 saturated carbocycles. The smallest absolute Gasteiger partial charge is 0.249 e. The molecule has 0 atom stereocenters. The van der Waals surface area contributed by atoms with Gasteiger partial charge >= 0.3 is 6.18 Å². The fourth-order valence-electron chi connectivity index (χ4n) is 1.62. The second-order valence-corrected chi connectivity index (χ2v) is 6.79. The van der Waals surface area contributed by atoms with E-state index in [0.29, 0.717) is 5.75 Å². The quantitative estimate of drug-likeness (QED) is 0.544. The summed E-state index contributed by atoms with van der Waals surface area (Å²) in [6.45, 7) is 3.51. The van der Waals surface area contributed by atoms with Crippen LogP contribution in [0.3, 0.4) is 0 Å². The van der Waals surface area contributed by atoms with Crippen LogP contribution in [-0.2, 0) is 18.3 Å². The molecule has 2 aromatic rings. The summed E-state index contributed by atoms with van der Waals surface area (Å²) in [5, 5.41) is 0.124. The van der Waals surface area contributed by atoms with E-state index in [1.165, 1.54) is 30.0 Å². The van der Waals surface area contributed by atoms with E-state index in [1.807, 2.05) is 6.92 Å². The van der Waals surface area contributed by atoms with Crippen molar-refractivity contribution in [2.24, 2.45) is 0 Å². The third kappa shape index (κ3) is 3.95. The minimum absolute atomic E-state index is 0.105. The first-order valence-corrected chi connectivity index (χ1v) is 8.64. The number of thioether (sulfide) groups is 1. The van der Waals surface area contributed by atoms with Crippen LogP contribution < -0.4 is 0 Å². The maximum absolute atomic E-state index is 12.9. The van der Waals surface area contributed by atoms with Crippen LogP contribution in [0.25, 0.3) is 0 Å². The average Bonchev–Trinajstić information content (AvgIpc) is 2.86. The van der Waals surface area contributed by atoms with E-state index in [-0.39, 0.29) is 15.3 Å². The summed E-state index contributed by atoms with van der Waals surface area (Å²) in [5.74, 6) is 0.520. The first-order chi connectivity index (χ1) is 9.82. The molecule has 0 fully saturated rings. The molecule has 0 radical (unpaired) electrons. The van der Waals surface area contributed by atoms with Crippen LogP contribution >= 0.6 is 39.0 Å². The van der Waals surface area contributed by atoms with Crippen LogP contribution in [0.1, 0.15) is 28.9 Å². The van der Waals surface area contributed by atoms with Gasteiger partial charge in [-0.25, -0.2) is 15.0 Å². The number of aryl methyl sites for hydroxylation is 2. The first-order valence-electron chi connectivity index (χ1n) is 5.98. The Bertz CT molecular complexity index is 643. The zero-order valence-electron chi connectivity index (χ0n) is 11.2. The summed E-state index contributed by atoms with van der Waals surface area (Å²) in [6, 6.07) is 0. The van der Waals surface area contributed by atoms with Gasteiger partial charge in [-0.15, -0.1) is 11.3 Å². The van der Waals surface area contributed by atoms with Gasteiger partial charge in [-0.05, 0) is 29.3 Å². The molecule has 0 unspecified atom stereocenters. The van der Waals surface area contributed by atoms with Crippen molar-refractivity contribution in [3.05, 3.63) is 31.9 Å². The SMILES string of the molecule is CCc1ncsc1CSc1nc(C)c(Br)c(C(F)(F)F)n1. The van der Waals surface area contributed by atoms with Crippen LogP contribution in [0.4, 0.5) is 13.2 Å². The normalized spacial score (nSPS) is 11.9. The van der Waals surface area contributed by atoms with Crippen LogP contribution in [0.5, 0.6) is 0 Å². The average molecular weight is 398 g/mol. The molecular formula is C12H11BrF3N3S2. The van der Waals surface area contributed by atoms with Gasteiger partial charge in [-0.1, -0.05) is 18.7 Å². The van der Waals surface area contributed by atoms with E-state index in [1.54, 1.807) is 5.51 Å². The molecule has 0 aliphatic heterocycles. The standard InChI is InChI=1S/C12H11BrF3N3S2/c1-3-7-8(21-5-17-7)4-20-11-18-6(2)9(13)10(19-11)12(14,15)16/h5H,3-4H2,1-2H3. The van der Waals surface area contributed by atoms with Crippen molar-refractivity contribution in [1.82, 2.24) is 15.0 Å². The van der Waals surface area contributed by atoms with E-state index in [9.17, 15) is 13.2 Å². The van der Waals surface area contributed by atoms with Gasteiger partial charge < -0.3 is 0 Å². The highest BCUT2D eigenvalue weighted by Crippen LogP contribution is 2.36. The highest BCUT2D eigenvalue weighted by molar-refractivity contribution is 9.10. The van der Waals surface area contributed by atoms with Crippen molar-refractivity contribution < 1.29 is 13.2 Å². The van der Waals surface area contributed by atoms with E-state index in [0.717, 1.165) is 17.0 Å². The van der Waals surface area contributed by atoms with Gasteiger partial charge in [0.2, 0.25) is 0 Å². The fraction of sp³-hybridized carbons (Fsp3) is 0.417. The molecule has 0 N–H and O–H groups in total. The second kappa shape index (κ2) is 6.62. The van der Waals surface area contributed by atoms with Crippen molar-refractivity contribution in [3.8, 4) is 0 Å². The maximum atomic E-state index is 12.9. The molecule has 0 aliphatic rings. The molecule has 0 aliphatic carbocycles. The predicted octanol–water partition coefficient (Wildman–Crippen LogP) is 4.88. The summed E-state index contributed by atoms with van der Waals surface area (Å²) in [5.41, 5.74) is 2.05. The molecule has 2 heterocycles. The lowest BCUT2D eigenvalue weighted by Crippen LogP contribution is -2.12. The number of alkyl halides is 3. The lowest BCUT2D eigenvalue weighted by atomic mass is 10.3. The Labute approximate surface area is 136 Å². The van der Waals surface area contributed by atoms with Crippen molar-refractivity contribution in [1.29, 1.82) is 0 Å². The Morgan fingerprint density at radius 1 is 1.33 bits per heavy atom. The molecule has 0 amide bonds. The molecule has 0 bridgehead atoms. The highest BCUT2D eigenvalue weighted by atomic mass is 79.9. The zero-order valence-corrected chi connectivity index (χ0v) is 14.4. The van der Waals surface area contributed by atoms with E-state index in [4.69, 9.17) is 0 Å². The summed E-state index contributed by atoms with van der Waals surface area (Å²) >= 11 is 5.58. The van der Waals surface area contributed by atoms with Crippen LogP contribution in [0.2, 0.25) is 0 Å². The third-order valence-electron chi connectivity index (χ3n) is 2.66. The van der Waals surface area contributed by atoms with Gasteiger partial charge in [-0.2, -0.15) is 13.2 Å². The van der Waals surface area contributed by atoms with Crippen molar-refractivity contribution in [3.63, 3.8) is 0 Å². The van der Waals surface area contributed by atoms with Crippen LogP contribution in [0, 0.1) is 6.92 Å². The molecule has 0 saturated heterocycles. The summed E-state index contributed by atoms with van der Waals surface area (Å²) in [4.78, 5) is 13.0. The Hall–Kier alpha value is -0.670. The Balaban J connectivity index is 2.23. The number of nitrogens with zero attached hydrogens (tertiary/aromatic N) is 3. The minimum atomic E-state index is -4.50. The van der Waals surface area contributed by atoms with Crippen LogP contribution in [-0.4, -0.2) is 15.0 Å². The largest absolute Gasteiger partial charge is 0.434 e. The Morgan fingerprint density at radius 3 is 2.67 bits per heavy atom. The number of thiazole rings is 1. The van der Waals surface area contributed by atoms with Gasteiger partial charge in [0.25, 0.3) is 0 Å². The molecule has 21 heavy (non-hydrogen) atoms. The molecule has 0 spiro atoms. The molecule has 2 aromatic heterocycles. The monoisotopic (exact) mass is 397 g/mol. The molecule has 2 rings (SSSR count). The van der Waals surface area contributed by atoms with E-state index < -0.39 is 11.9 Å². The molecule has 0 aromatic carbocycles. The minimum Gasteiger partial charge on any atom is -0.249 e. The van der Waals surface area contributed by atoms with E-state index in [2.05, 4.69) is 30.9 Å². The van der Waals surface area contributed by atoms with Crippen molar-refractivity contribution in [2.45, 2.75) is 37.4 Å². The summed E-state index contributed by atoms with van der Waals surface area (Å²) in [6.07, 6.45) is -3.70. The topological polar surface area (TPSA) is 38.7 Å². The fourth-order valence-corrected chi connectivity index (χ4v) is 3.89. The molecule has 9 heteroatoms. The van der Waals surface area contributed by atoms with Gasteiger partial charge in [0.15, 0.2) is 10.9 Å². The maximum Gasteiger partial charge on any atom is 0.434 e. The Kier molecular flexibility index (Phi) is 5.26. The number of hydrogen-bond donors (Lipinski definition) is 0. The lowest BCUT2D eigenvalue weighted by Gasteiger charge is -2.11. The van der Waals surface area contributed by atoms with Gasteiger partial charge in [0.05, 0.1) is 21.4 Å². The predicted molar refractivity (Wildman–Crippen MR) is 80.5 cm³/mol. The summed E-state index contributed by atoms with van der Waals surface area (Å²) in [7, 11) is 0. The first kappa shape index (κ1) is 16.7.